The lowest BCUT2D eigenvalue weighted by Crippen LogP contribution is -2.23. The quantitative estimate of drug-likeness (QED) is 0.474. The van der Waals surface area contributed by atoms with Crippen molar-refractivity contribution in [1.82, 2.24) is 0 Å². The highest BCUT2D eigenvalue weighted by atomic mass is 32.2. The summed E-state index contributed by atoms with van der Waals surface area (Å²) in [7, 11) is 1.31. The van der Waals surface area contributed by atoms with Gasteiger partial charge in [0.2, 0.25) is 0 Å². The lowest BCUT2D eigenvalue weighted by atomic mass is 10.1. The Bertz CT molecular complexity index is 393. The molecule has 0 spiro atoms. The van der Waals surface area contributed by atoms with Crippen molar-refractivity contribution in [2.45, 2.75) is 26.4 Å². The molecule has 0 heterocycles. The number of esters is 2. The maximum Gasteiger partial charge on any atom is 0.315 e. The van der Waals surface area contributed by atoms with E-state index in [0.717, 1.165) is 0 Å². The van der Waals surface area contributed by atoms with Crippen LogP contribution in [0.2, 0.25) is 0 Å². The minimum atomic E-state index is -1.03. The van der Waals surface area contributed by atoms with Crippen LogP contribution in [0.1, 0.15) is 20.3 Å². The predicted molar refractivity (Wildman–Crippen MR) is 79.9 cm³/mol. The van der Waals surface area contributed by atoms with Gasteiger partial charge in [0.1, 0.15) is 6.61 Å². The molecule has 120 valence electrons. The van der Waals surface area contributed by atoms with Gasteiger partial charge >= 0.3 is 11.9 Å². The number of allylic oxidation sites excluding steroid dienone is 1. The molecule has 7 heteroatoms. The third-order valence-electron chi connectivity index (χ3n) is 2.53. The summed E-state index contributed by atoms with van der Waals surface area (Å²) in [4.78, 5) is 33.8. The van der Waals surface area contributed by atoms with Crippen molar-refractivity contribution < 1.29 is 29.0 Å². The number of aliphatic hydroxyl groups excluding tert-OH is 1. The maximum absolute atomic E-state index is 11.4. The van der Waals surface area contributed by atoms with Crippen molar-refractivity contribution in [2.75, 3.05) is 25.2 Å². The summed E-state index contributed by atoms with van der Waals surface area (Å²) >= 11 is 1.25. The average molecular weight is 318 g/mol. The summed E-state index contributed by atoms with van der Waals surface area (Å²) in [6.07, 6.45) is -1.15. The predicted octanol–water partition coefficient (Wildman–Crippen LogP) is 0.968. The molecule has 0 fully saturated rings. The fourth-order valence-electron chi connectivity index (χ4n) is 1.27. The van der Waals surface area contributed by atoms with Gasteiger partial charge in [-0.2, -0.15) is 0 Å². The van der Waals surface area contributed by atoms with Crippen LogP contribution in [-0.4, -0.2) is 54.2 Å². The number of hydrogen-bond donors (Lipinski definition) is 1. The lowest BCUT2D eigenvalue weighted by molar-refractivity contribution is -0.145. The van der Waals surface area contributed by atoms with Crippen LogP contribution >= 0.6 is 11.8 Å². The van der Waals surface area contributed by atoms with E-state index in [0.29, 0.717) is 11.3 Å². The topological polar surface area (TPSA) is 89.9 Å². The number of rotatable bonds is 10. The smallest absolute Gasteiger partial charge is 0.315 e. The van der Waals surface area contributed by atoms with Gasteiger partial charge in [-0.3, -0.25) is 14.4 Å². The number of aliphatic hydroxyl groups is 1. The van der Waals surface area contributed by atoms with E-state index in [1.165, 1.54) is 18.9 Å². The summed E-state index contributed by atoms with van der Waals surface area (Å²) in [5.41, 5.74) is 0.354. The Morgan fingerprint density at radius 2 is 1.95 bits per heavy atom. The van der Waals surface area contributed by atoms with E-state index in [9.17, 15) is 19.5 Å². The minimum absolute atomic E-state index is 0.0719. The van der Waals surface area contributed by atoms with Crippen molar-refractivity contribution in [3.8, 4) is 0 Å². The van der Waals surface area contributed by atoms with Crippen LogP contribution in [-0.2, 0) is 23.9 Å². The number of thioether (sulfide) groups is 1. The molecule has 0 amide bonds. The zero-order chi connectivity index (χ0) is 16.4. The van der Waals surface area contributed by atoms with Crippen molar-refractivity contribution in [3.63, 3.8) is 0 Å². The number of Topliss-reactive ketones (excluding diaryl/α,β-unsaturated/α-hetero) is 1. The van der Waals surface area contributed by atoms with E-state index in [2.05, 4.69) is 11.3 Å². The molecule has 2 unspecified atom stereocenters. The van der Waals surface area contributed by atoms with Gasteiger partial charge in [0.25, 0.3) is 0 Å². The molecule has 0 aliphatic carbocycles. The van der Waals surface area contributed by atoms with E-state index >= 15 is 0 Å². The zero-order valence-corrected chi connectivity index (χ0v) is 13.4. The molecule has 21 heavy (non-hydrogen) atoms. The molecule has 0 rings (SSSR count). The molecule has 0 aliphatic rings. The van der Waals surface area contributed by atoms with E-state index in [-0.39, 0.29) is 36.5 Å². The Morgan fingerprint density at radius 1 is 1.33 bits per heavy atom. The second-order valence-electron chi connectivity index (χ2n) is 4.68. The molecule has 6 nitrogen and oxygen atoms in total. The number of methoxy groups -OCH3 is 1. The molecule has 0 saturated carbocycles. The van der Waals surface area contributed by atoms with Crippen molar-refractivity contribution in [3.05, 3.63) is 12.2 Å². The van der Waals surface area contributed by atoms with Gasteiger partial charge in [-0.25, -0.2) is 0 Å². The van der Waals surface area contributed by atoms with Gasteiger partial charge in [-0.1, -0.05) is 13.5 Å². The first-order valence-corrected chi connectivity index (χ1v) is 7.61. The largest absolute Gasteiger partial charge is 0.469 e. The molecular formula is C14H22O6S. The van der Waals surface area contributed by atoms with Crippen LogP contribution in [0.3, 0.4) is 0 Å². The molecule has 0 aromatic heterocycles. The first-order chi connectivity index (χ1) is 9.77. The van der Waals surface area contributed by atoms with Gasteiger partial charge < -0.3 is 14.6 Å². The SMILES string of the molecule is C=C(C)C(=O)CC(O)COC(=O)CSCC(C)C(=O)OC. The maximum atomic E-state index is 11.4. The Morgan fingerprint density at radius 3 is 2.48 bits per heavy atom. The third kappa shape index (κ3) is 9.25. The standard InChI is InChI=1S/C14H22O6S/c1-9(2)12(16)5-11(15)6-20-13(17)8-21-7-10(3)14(18)19-4/h10-11,15H,1,5-8H2,2-4H3. The van der Waals surface area contributed by atoms with Gasteiger partial charge in [0, 0.05) is 12.2 Å². The molecule has 0 bridgehead atoms. The first kappa shape index (κ1) is 19.7. The first-order valence-electron chi connectivity index (χ1n) is 6.45. The number of carbonyl (C=O) groups excluding carboxylic acids is 3. The second-order valence-corrected chi connectivity index (χ2v) is 5.71. The molecule has 0 aromatic carbocycles. The van der Waals surface area contributed by atoms with Gasteiger partial charge in [0.15, 0.2) is 5.78 Å². The Labute approximate surface area is 128 Å². The van der Waals surface area contributed by atoms with E-state index in [4.69, 9.17) is 4.74 Å². The van der Waals surface area contributed by atoms with E-state index < -0.39 is 12.1 Å². The number of ketones is 1. The Balaban J connectivity index is 3.83. The summed E-state index contributed by atoms with van der Waals surface area (Å²) in [6.45, 7) is 6.50. The van der Waals surface area contributed by atoms with Gasteiger partial charge in [-0.05, 0) is 12.5 Å². The molecule has 1 N–H and O–H groups in total. The van der Waals surface area contributed by atoms with Crippen LogP contribution in [0.4, 0.5) is 0 Å². The summed E-state index contributed by atoms with van der Waals surface area (Å²) in [5, 5.41) is 9.53. The van der Waals surface area contributed by atoms with Crippen molar-refractivity contribution in [2.24, 2.45) is 5.92 Å². The molecule has 0 aliphatic heterocycles. The summed E-state index contributed by atoms with van der Waals surface area (Å²) in [5.74, 6) is -0.879. The van der Waals surface area contributed by atoms with Crippen molar-refractivity contribution in [1.29, 1.82) is 0 Å². The Kier molecular flexibility index (Phi) is 9.73. The monoisotopic (exact) mass is 318 g/mol. The van der Waals surface area contributed by atoms with Gasteiger partial charge in [0.05, 0.1) is 24.9 Å². The second kappa shape index (κ2) is 10.4. The summed E-state index contributed by atoms with van der Waals surface area (Å²) < 4.78 is 9.41. The number of carbonyl (C=O) groups is 3. The molecular weight excluding hydrogens is 296 g/mol. The molecule has 0 saturated heterocycles. The van der Waals surface area contributed by atoms with Crippen molar-refractivity contribution >= 4 is 29.5 Å². The van der Waals surface area contributed by atoms with Crippen LogP contribution in [0.15, 0.2) is 12.2 Å². The highest BCUT2D eigenvalue weighted by Crippen LogP contribution is 2.10. The van der Waals surface area contributed by atoms with E-state index in [1.807, 2.05) is 0 Å². The number of ether oxygens (including phenoxy) is 2. The lowest BCUT2D eigenvalue weighted by Gasteiger charge is -2.11. The fraction of sp³-hybridized carbons (Fsp3) is 0.643. The van der Waals surface area contributed by atoms with Gasteiger partial charge in [-0.15, -0.1) is 11.8 Å². The molecule has 0 radical (unpaired) electrons. The average Bonchev–Trinajstić information content (AvgIpc) is 2.43. The normalized spacial score (nSPS) is 13.1. The van der Waals surface area contributed by atoms with Crippen LogP contribution in [0.25, 0.3) is 0 Å². The van der Waals surface area contributed by atoms with E-state index in [1.54, 1.807) is 13.8 Å². The highest BCUT2D eigenvalue weighted by Gasteiger charge is 2.16. The van der Waals surface area contributed by atoms with Crippen LogP contribution < -0.4 is 0 Å². The molecule has 0 aromatic rings. The fourth-order valence-corrected chi connectivity index (χ4v) is 2.12. The van der Waals surface area contributed by atoms with Crippen LogP contribution in [0.5, 0.6) is 0 Å². The minimum Gasteiger partial charge on any atom is -0.469 e. The Hall–Kier alpha value is -1.34. The summed E-state index contributed by atoms with van der Waals surface area (Å²) in [6, 6.07) is 0. The third-order valence-corrected chi connectivity index (χ3v) is 3.70. The number of hydrogen-bond acceptors (Lipinski definition) is 7. The van der Waals surface area contributed by atoms with Crippen LogP contribution in [0, 0.1) is 5.92 Å². The molecule has 2 atom stereocenters. The zero-order valence-electron chi connectivity index (χ0n) is 12.6. The highest BCUT2D eigenvalue weighted by molar-refractivity contribution is 7.99.